The Hall–Kier alpha value is -1.93. The van der Waals surface area contributed by atoms with Gasteiger partial charge in [-0.2, -0.15) is 0 Å². The van der Waals surface area contributed by atoms with E-state index in [1.165, 1.54) is 29.7 Å². The van der Waals surface area contributed by atoms with Crippen molar-refractivity contribution in [2.45, 2.75) is 45.2 Å². The molecule has 0 atom stereocenters. The molecule has 1 fully saturated rings. The summed E-state index contributed by atoms with van der Waals surface area (Å²) in [6.07, 6.45) is 5.35. The van der Waals surface area contributed by atoms with Crippen molar-refractivity contribution in [3.05, 3.63) is 31.3 Å². The molecule has 1 aliphatic carbocycles. The van der Waals surface area contributed by atoms with Gasteiger partial charge in [0.1, 0.15) is 11.4 Å². The van der Waals surface area contributed by atoms with E-state index in [0.29, 0.717) is 11.9 Å². The summed E-state index contributed by atoms with van der Waals surface area (Å²) in [6, 6.07) is 0. The number of quaternary nitrogens is 1. The van der Waals surface area contributed by atoms with Crippen molar-refractivity contribution in [2.75, 3.05) is 26.7 Å². The van der Waals surface area contributed by atoms with Crippen LogP contribution in [0, 0.1) is 0 Å². The van der Waals surface area contributed by atoms with Crippen molar-refractivity contribution in [1.82, 2.24) is 9.13 Å². The minimum Gasteiger partial charge on any atom is -0.468 e. The molecule has 1 N–H and O–H groups in total. The van der Waals surface area contributed by atoms with Gasteiger partial charge in [0.2, 0.25) is 0 Å². The highest BCUT2D eigenvalue weighted by molar-refractivity contribution is 7.18. The van der Waals surface area contributed by atoms with Crippen LogP contribution in [0.5, 0.6) is 0 Å². The number of thiophene rings is 1. The first-order chi connectivity index (χ1) is 12.6. The van der Waals surface area contributed by atoms with Crippen LogP contribution in [0.4, 0.5) is 0 Å². The lowest BCUT2D eigenvalue weighted by atomic mass is 10.2. The van der Waals surface area contributed by atoms with Crippen molar-refractivity contribution in [1.29, 1.82) is 0 Å². The van der Waals surface area contributed by atoms with Gasteiger partial charge in [-0.25, -0.2) is 9.36 Å². The molecule has 3 heterocycles. The molecule has 2 aliphatic rings. The first-order valence-corrected chi connectivity index (χ1v) is 10.1. The number of rotatable bonds is 5. The first kappa shape index (κ1) is 17.5. The quantitative estimate of drug-likeness (QED) is 0.717. The number of nitrogens with zero attached hydrogens (tertiary/aromatic N) is 2. The minimum atomic E-state index is -0.577. The third kappa shape index (κ3) is 2.91. The van der Waals surface area contributed by atoms with Gasteiger partial charge in [0.15, 0.2) is 0 Å². The van der Waals surface area contributed by atoms with E-state index in [9.17, 15) is 14.4 Å². The smallest absolute Gasteiger partial charge is 0.332 e. The van der Waals surface area contributed by atoms with E-state index >= 15 is 0 Å². The lowest BCUT2D eigenvalue weighted by Gasteiger charge is -2.15. The second-order valence-corrected chi connectivity index (χ2v) is 8.23. The predicted molar refractivity (Wildman–Crippen MR) is 99.2 cm³/mol. The van der Waals surface area contributed by atoms with E-state index in [0.717, 1.165) is 53.9 Å². The van der Waals surface area contributed by atoms with Gasteiger partial charge in [-0.1, -0.05) is 0 Å². The Morgan fingerprint density at radius 2 is 1.92 bits per heavy atom. The number of hydrogen-bond acceptors (Lipinski definition) is 5. The topological polar surface area (TPSA) is 74.7 Å². The van der Waals surface area contributed by atoms with E-state index in [1.54, 1.807) is 15.9 Å². The van der Waals surface area contributed by atoms with Crippen LogP contribution < -0.4 is 16.1 Å². The molecule has 0 spiro atoms. The standard InChI is InChI=1S/C18H23N3O4S/c1-25-14(22)11-21-16(23)15-12-5-4-6-13(12)26-17(15)20(18(21)24)10-9-19-7-2-3-8-19/h2-11H2,1H3/p+1. The molecule has 4 rings (SSSR count). The Kier molecular flexibility index (Phi) is 4.71. The van der Waals surface area contributed by atoms with E-state index in [1.807, 2.05) is 0 Å². The average Bonchev–Trinajstić information content (AvgIpc) is 3.35. The Morgan fingerprint density at radius 1 is 1.15 bits per heavy atom. The summed E-state index contributed by atoms with van der Waals surface area (Å²) >= 11 is 1.58. The van der Waals surface area contributed by atoms with Crippen LogP contribution in [0.2, 0.25) is 0 Å². The number of aromatic nitrogens is 2. The van der Waals surface area contributed by atoms with E-state index in [2.05, 4.69) is 4.74 Å². The van der Waals surface area contributed by atoms with Crippen LogP contribution in [-0.4, -0.2) is 41.8 Å². The van der Waals surface area contributed by atoms with Crippen molar-refractivity contribution in [2.24, 2.45) is 0 Å². The molecule has 0 radical (unpaired) electrons. The lowest BCUT2D eigenvalue weighted by molar-refractivity contribution is -0.888. The second-order valence-electron chi connectivity index (χ2n) is 7.15. The van der Waals surface area contributed by atoms with Gasteiger partial charge in [0, 0.05) is 17.7 Å². The highest BCUT2D eigenvalue weighted by Crippen LogP contribution is 2.35. The summed E-state index contributed by atoms with van der Waals surface area (Å²) in [5, 5.41) is 0.641. The van der Waals surface area contributed by atoms with Crippen molar-refractivity contribution >= 4 is 27.5 Å². The molecular weight excluding hydrogens is 354 g/mol. The largest absolute Gasteiger partial charge is 0.468 e. The van der Waals surface area contributed by atoms with Gasteiger partial charge in [0.05, 0.1) is 38.7 Å². The molecule has 1 saturated heterocycles. The van der Waals surface area contributed by atoms with E-state index in [-0.39, 0.29) is 12.1 Å². The molecule has 7 nitrogen and oxygen atoms in total. The Balaban J connectivity index is 1.83. The number of carbonyl (C=O) groups excluding carboxylic acids is 1. The fourth-order valence-electron chi connectivity index (χ4n) is 4.18. The minimum absolute atomic E-state index is 0.328. The molecule has 0 aromatic carbocycles. The molecule has 0 saturated carbocycles. The number of hydrogen-bond donors (Lipinski definition) is 1. The third-order valence-corrected chi connectivity index (χ3v) is 6.90. The van der Waals surface area contributed by atoms with E-state index in [4.69, 9.17) is 0 Å². The maximum atomic E-state index is 13.0. The van der Waals surface area contributed by atoms with Gasteiger partial charge in [-0.15, -0.1) is 11.3 Å². The van der Waals surface area contributed by atoms with Gasteiger partial charge < -0.3 is 9.64 Å². The molecule has 1 aliphatic heterocycles. The summed E-state index contributed by atoms with van der Waals surface area (Å²) in [5.74, 6) is -0.577. The van der Waals surface area contributed by atoms with Crippen molar-refractivity contribution in [3.8, 4) is 0 Å². The van der Waals surface area contributed by atoms with Crippen LogP contribution in [0.15, 0.2) is 9.59 Å². The third-order valence-electron chi connectivity index (χ3n) is 5.58. The van der Waals surface area contributed by atoms with Gasteiger partial charge in [-0.3, -0.25) is 14.2 Å². The molecule has 0 amide bonds. The van der Waals surface area contributed by atoms with Crippen molar-refractivity contribution < 1.29 is 14.4 Å². The van der Waals surface area contributed by atoms with Gasteiger partial charge in [0.25, 0.3) is 5.56 Å². The number of nitrogens with one attached hydrogen (secondary N) is 1. The summed E-state index contributed by atoms with van der Waals surface area (Å²) in [4.78, 5) is 41.2. The van der Waals surface area contributed by atoms with Crippen LogP contribution in [0.25, 0.3) is 10.2 Å². The number of esters is 1. The number of fused-ring (bicyclic) bond motifs is 3. The molecular formula is C18H24N3O4S+. The number of carbonyl (C=O) groups is 1. The SMILES string of the molecule is COC(=O)Cn1c(=O)c2c3c(sc2n(CC[NH+]2CCCC2)c1=O)CCC3. The summed E-state index contributed by atoms with van der Waals surface area (Å²) < 4.78 is 7.45. The molecule has 0 bridgehead atoms. The molecule has 26 heavy (non-hydrogen) atoms. The summed E-state index contributed by atoms with van der Waals surface area (Å²) in [5.41, 5.74) is 0.335. The van der Waals surface area contributed by atoms with Gasteiger partial charge >= 0.3 is 11.7 Å². The molecule has 2 aromatic heterocycles. The Morgan fingerprint density at radius 3 is 2.65 bits per heavy atom. The summed E-state index contributed by atoms with van der Waals surface area (Å²) in [7, 11) is 1.27. The molecule has 140 valence electrons. The zero-order chi connectivity index (χ0) is 18.3. The zero-order valence-corrected chi connectivity index (χ0v) is 15.8. The maximum absolute atomic E-state index is 13.0. The number of aryl methyl sites for hydroxylation is 2. The molecule has 2 aromatic rings. The molecule has 8 heteroatoms. The van der Waals surface area contributed by atoms with Gasteiger partial charge in [-0.05, 0) is 24.8 Å². The fourth-order valence-corrected chi connectivity index (χ4v) is 5.58. The highest BCUT2D eigenvalue weighted by atomic mass is 32.1. The Labute approximate surface area is 154 Å². The number of likely N-dealkylation sites (tertiary alicyclic amines) is 1. The monoisotopic (exact) mass is 378 g/mol. The number of ether oxygens (including phenoxy) is 1. The summed E-state index contributed by atoms with van der Waals surface area (Å²) in [6.45, 7) is 3.39. The van der Waals surface area contributed by atoms with E-state index < -0.39 is 11.7 Å². The second kappa shape index (κ2) is 7.00. The predicted octanol–water partition coefficient (Wildman–Crippen LogP) is -0.435. The van der Waals surface area contributed by atoms with Crippen LogP contribution >= 0.6 is 11.3 Å². The zero-order valence-electron chi connectivity index (χ0n) is 15.0. The van der Waals surface area contributed by atoms with Crippen molar-refractivity contribution in [3.63, 3.8) is 0 Å². The van der Waals surface area contributed by atoms with Crippen LogP contribution in [0.3, 0.4) is 0 Å². The molecule has 0 unspecified atom stereocenters. The lowest BCUT2D eigenvalue weighted by Crippen LogP contribution is -3.10. The number of methoxy groups -OCH3 is 1. The van der Waals surface area contributed by atoms with Crippen LogP contribution in [-0.2, 0) is 35.5 Å². The average molecular weight is 378 g/mol. The normalized spacial score (nSPS) is 17.1. The first-order valence-electron chi connectivity index (χ1n) is 9.28. The fraction of sp³-hybridized carbons (Fsp3) is 0.611. The van der Waals surface area contributed by atoms with Crippen LogP contribution in [0.1, 0.15) is 29.7 Å². The Bertz CT molecular complexity index is 965. The maximum Gasteiger partial charge on any atom is 0.332 e. The highest BCUT2D eigenvalue weighted by Gasteiger charge is 2.26.